The van der Waals surface area contributed by atoms with Crippen molar-refractivity contribution in [2.24, 2.45) is 0 Å². The van der Waals surface area contributed by atoms with Crippen molar-refractivity contribution in [1.29, 1.82) is 0 Å². The summed E-state index contributed by atoms with van der Waals surface area (Å²) < 4.78 is 3.32. The van der Waals surface area contributed by atoms with Gasteiger partial charge in [0, 0.05) is 24.8 Å². The van der Waals surface area contributed by atoms with Crippen LogP contribution in [0.2, 0.25) is 0 Å². The minimum atomic E-state index is -0.292. The van der Waals surface area contributed by atoms with E-state index in [1.807, 2.05) is 43.7 Å². The van der Waals surface area contributed by atoms with Gasteiger partial charge in [-0.15, -0.1) is 0 Å². The fourth-order valence-electron chi connectivity index (χ4n) is 3.16. The van der Waals surface area contributed by atoms with Crippen LogP contribution in [-0.4, -0.2) is 25.5 Å². The van der Waals surface area contributed by atoms with E-state index in [0.717, 1.165) is 35.4 Å². The van der Waals surface area contributed by atoms with Gasteiger partial charge in [-0.2, -0.15) is 10.2 Å². The van der Waals surface area contributed by atoms with Crippen molar-refractivity contribution in [3.8, 4) is 0 Å². The highest BCUT2D eigenvalue weighted by Crippen LogP contribution is 2.10. The fourth-order valence-corrected chi connectivity index (χ4v) is 3.16. The van der Waals surface area contributed by atoms with Crippen LogP contribution in [0.1, 0.15) is 52.8 Å². The molecule has 29 heavy (non-hydrogen) atoms. The molecule has 0 fully saturated rings. The molecule has 0 radical (unpaired) electrons. The quantitative estimate of drug-likeness (QED) is 0.638. The molecule has 1 amide bonds. The van der Waals surface area contributed by atoms with Crippen LogP contribution in [-0.2, 0) is 19.6 Å². The van der Waals surface area contributed by atoms with E-state index in [1.54, 1.807) is 0 Å². The van der Waals surface area contributed by atoms with E-state index < -0.39 is 0 Å². The zero-order valence-corrected chi connectivity index (χ0v) is 17.2. The third-order valence-electron chi connectivity index (χ3n) is 4.70. The summed E-state index contributed by atoms with van der Waals surface area (Å²) in [7, 11) is 0. The maximum absolute atomic E-state index is 12.5. The van der Waals surface area contributed by atoms with Gasteiger partial charge in [-0.1, -0.05) is 37.6 Å². The Morgan fingerprint density at radius 2 is 1.83 bits per heavy atom. The number of carbonyl (C=O) groups excluding carboxylic acids is 1. The van der Waals surface area contributed by atoms with Crippen LogP contribution in [0.4, 0.5) is 0 Å². The Labute approximate surface area is 170 Å². The molecule has 0 unspecified atom stereocenters. The van der Waals surface area contributed by atoms with Crippen LogP contribution in [0.15, 0.2) is 47.3 Å². The van der Waals surface area contributed by atoms with Crippen molar-refractivity contribution < 1.29 is 4.79 Å². The number of benzene rings is 1. The van der Waals surface area contributed by atoms with Crippen LogP contribution < -0.4 is 10.9 Å². The molecule has 7 nitrogen and oxygen atoms in total. The first-order chi connectivity index (χ1) is 14.0. The lowest BCUT2D eigenvalue weighted by atomic mass is 10.1. The van der Waals surface area contributed by atoms with Crippen LogP contribution in [0.5, 0.6) is 0 Å². The summed E-state index contributed by atoms with van der Waals surface area (Å²) in [6.07, 6.45) is 1.80. The van der Waals surface area contributed by atoms with E-state index in [9.17, 15) is 9.59 Å². The van der Waals surface area contributed by atoms with Gasteiger partial charge < -0.3 is 5.32 Å². The van der Waals surface area contributed by atoms with Crippen molar-refractivity contribution in [3.63, 3.8) is 0 Å². The molecule has 0 spiro atoms. The van der Waals surface area contributed by atoms with Gasteiger partial charge in [0.1, 0.15) is 5.69 Å². The molecule has 1 aromatic carbocycles. The number of nitrogens with one attached hydrogen (secondary N) is 1. The highest BCUT2D eigenvalue weighted by Gasteiger charge is 2.10. The molecule has 1 N–H and O–H groups in total. The number of rotatable bonds is 8. The van der Waals surface area contributed by atoms with Crippen molar-refractivity contribution in [3.05, 3.63) is 81.0 Å². The van der Waals surface area contributed by atoms with E-state index >= 15 is 0 Å². The zero-order chi connectivity index (χ0) is 20.8. The molecule has 0 aliphatic heterocycles. The molecular weight excluding hydrogens is 366 g/mol. The average molecular weight is 393 g/mol. The lowest BCUT2D eigenvalue weighted by molar-refractivity contribution is 0.0943. The number of hydrogen-bond acceptors (Lipinski definition) is 4. The summed E-state index contributed by atoms with van der Waals surface area (Å²) in [5, 5.41) is 11.6. The van der Waals surface area contributed by atoms with Gasteiger partial charge in [-0.3, -0.25) is 14.3 Å². The second-order valence-electron chi connectivity index (χ2n) is 7.22. The van der Waals surface area contributed by atoms with E-state index in [0.29, 0.717) is 19.6 Å². The number of aryl methyl sites for hydroxylation is 3. The highest BCUT2D eigenvalue weighted by molar-refractivity contribution is 5.91. The molecule has 0 aliphatic carbocycles. The summed E-state index contributed by atoms with van der Waals surface area (Å²) in [6.45, 7) is 7.66. The van der Waals surface area contributed by atoms with Gasteiger partial charge in [0.15, 0.2) is 0 Å². The molecule has 0 aliphatic rings. The van der Waals surface area contributed by atoms with Crippen LogP contribution in [0.3, 0.4) is 0 Å². The second kappa shape index (κ2) is 9.32. The first kappa shape index (κ1) is 20.5. The molecule has 2 heterocycles. The molecule has 7 heteroatoms. The third kappa shape index (κ3) is 5.40. The number of aromatic nitrogens is 4. The van der Waals surface area contributed by atoms with Gasteiger partial charge >= 0.3 is 0 Å². The first-order valence-electron chi connectivity index (χ1n) is 9.91. The largest absolute Gasteiger partial charge is 0.347 e. The van der Waals surface area contributed by atoms with Gasteiger partial charge in [-0.05, 0) is 43.5 Å². The Morgan fingerprint density at radius 1 is 1.03 bits per heavy atom. The maximum Gasteiger partial charge on any atom is 0.271 e. The molecule has 152 valence electrons. The Hall–Kier alpha value is -3.22. The van der Waals surface area contributed by atoms with E-state index in [-0.39, 0.29) is 17.2 Å². The van der Waals surface area contributed by atoms with E-state index in [2.05, 4.69) is 27.6 Å². The monoisotopic (exact) mass is 393 g/mol. The molecule has 0 saturated carbocycles. The molecule has 0 atom stereocenters. The number of nitrogens with zero attached hydrogens (tertiary/aromatic N) is 4. The lowest BCUT2D eigenvalue weighted by Crippen LogP contribution is -2.29. The summed E-state index contributed by atoms with van der Waals surface area (Å²) in [6, 6.07) is 13.0. The van der Waals surface area contributed by atoms with Gasteiger partial charge in [-0.25, -0.2) is 4.68 Å². The van der Waals surface area contributed by atoms with Crippen LogP contribution >= 0.6 is 0 Å². The Bertz CT molecular complexity index is 1050. The normalized spacial score (nSPS) is 10.9. The maximum atomic E-state index is 12.5. The van der Waals surface area contributed by atoms with Crippen molar-refractivity contribution in [2.45, 2.75) is 53.2 Å². The topological polar surface area (TPSA) is 81.8 Å². The van der Waals surface area contributed by atoms with Crippen molar-refractivity contribution in [1.82, 2.24) is 24.9 Å². The first-order valence-corrected chi connectivity index (χ1v) is 9.91. The molecular formula is C22H27N5O2. The molecule has 3 aromatic rings. The zero-order valence-electron chi connectivity index (χ0n) is 17.2. The summed E-state index contributed by atoms with van der Waals surface area (Å²) in [4.78, 5) is 24.3. The average Bonchev–Trinajstić information content (AvgIpc) is 3.02. The highest BCUT2D eigenvalue weighted by atomic mass is 16.2. The lowest BCUT2D eigenvalue weighted by Gasteiger charge is -2.09. The van der Waals surface area contributed by atoms with Gasteiger partial charge in [0.2, 0.25) is 0 Å². The predicted octanol–water partition coefficient (Wildman–Crippen LogP) is 2.84. The minimum absolute atomic E-state index is 0.188. The Kier molecular flexibility index (Phi) is 6.59. The predicted molar refractivity (Wildman–Crippen MR) is 112 cm³/mol. The van der Waals surface area contributed by atoms with Crippen molar-refractivity contribution in [2.75, 3.05) is 0 Å². The number of unbranched alkanes of at least 4 members (excludes halogenated alkanes) is 1. The Balaban J connectivity index is 1.64. The standard InChI is InChI=1S/C22H27N5O2/c1-4-5-11-26-21(28)10-9-20(25-26)22(29)23-14-18-7-6-8-19(13-18)15-27-17(3)12-16(2)24-27/h6-10,12-13H,4-5,11,14-15H2,1-3H3,(H,23,29). The van der Waals surface area contributed by atoms with E-state index in [1.165, 1.54) is 16.8 Å². The SMILES string of the molecule is CCCCn1nc(C(=O)NCc2cccc(Cn3nc(C)cc3C)c2)ccc1=O. The second-order valence-corrected chi connectivity index (χ2v) is 7.22. The Morgan fingerprint density at radius 3 is 2.55 bits per heavy atom. The fraction of sp³-hybridized carbons (Fsp3) is 0.364. The molecule has 3 rings (SSSR count). The summed E-state index contributed by atoms with van der Waals surface area (Å²) in [5.41, 5.74) is 4.29. The minimum Gasteiger partial charge on any atom is -0.347 e. The number of amides is 1. The summed E-state index contributed by atoms with van der Waals surface area (Å²) in [5.74, 6) is -0.292. The van der Waals surface area contributed by atoms with Crippen LogP contribution in [0, 0.1) is 13.8 Å². The third-order valence-corrected chi connectivity index (χ3v) is 4.70. The molecule has 0 bridgehead atoms. The smallest absolute Gasteiger partial charge is 0.271 e. The van der Waals surface area contributed by atoms with Crippen LogP contribution in [0.25, 0.3) is 0 Å². The van der Waals surface area contributed by atoms with Crippen molar-refractivity contribution >= 4 is 5.91 Å². The number of hydrogen-bond donors (Lipinski definition) is 1. The van der Waals surface area contributed by atoms with Gasteiger partial charge in [0.05, 0.1) is 12.2 Å². The summed E-state index contributed by atoms with van der Waals surface area (Å²) >= 11 is 0. The molecule has 2 aromatic heterocycles. The number of carbonyl (C=O) groups is 1. The van der Waals surface area contributed by atoms with E-state index in [4.69, 9.17) is 0 Å². The molecule has 0 saturated heterocycles. The van der Waals surface area contributed by atoms with Gasteiger partial charge in [0.25, 0.3) is 11.5 Å².